The SMILES string of the molecule is CC(C)(C)C(=O)N1CCN(C(=O)c2cccc(-n3cnnn3)c2)CC1. The van der Waals surface area contributed by atoms with Crippen molar-refractivity contribution >= 4 is 11.8 Å². The van der Waals surface area contributed by atoms with Crippen LogP contribution in [-0.2, 0) is 4.79 Å². The van der Waals surface area contributed by atoms with Crippen molar-refractivity contribution in [3.05, 3.63) is 36.2 Å². The summed E-state index contributed by atoms with van der Waals surface area (Å²) in [6, 6.07) is 7.20. The number of hydrogen-bond acceptors (Lipinski definition) is 5. The van der Waals surface area contributed by atoms with Crippen molar-refractivity contribution in [2.24, 2.45) is 5.41 Å². The number of piperazine rings is 1. The fourth-order valence-corrected chi connectivity index (χ4v) is 2.83. The van der Waals surface area contributed by atoms with Gasteiger partial charge in [0.15, 0.2) is 0 Å². The highest BCUT2D eigenvalue weighted by Gasteiger charge is 2.31. The van der Waals surface area contributed by atoms with Crippen LogP contribution in [0.25, 0.3) is 5.69 Å². The van der Waals surface area contributed by atoms with Crippen LogP contribution in [0.5, 0.6) is 0 Å². The third-order valence-electron chi connectivity index (χ3n) is 4.20. The summed E-state index contributed by atoms with van der Waals surface area (Å²) in [7, 11) is 0. The lowest BCUT2D eigenvalue weighted by atomic mass is 9.94. The molecule has 3 rings (SSSR count). The van der Waals surface area contributed by atoms with Crippen molar-refractivity contribution in [2.75, 3.05) is 26.2 Å². The summed E-state index contributed by atoms with van der Waals surface area (Å²) in [6.45, 7) is 7.95. The second-order valence-electron chi connectivity index (χ2n) is 7.14. The fraction of sp³-hybridized carbons (Fsp3) is 0.471. The summed E-state index contributed by atoms with van der Waals surface area (Å²) in [5.41, 5.74) is 0.924. The lowest BCUT2D eigenvalue weighted by Gasteiger charge is -2.37. The standard InChI is InChI=1S/C17H22N6O2/c1-17(2,3)16(25)22-9-7-21(8-10-22)15(24)13-5-4-6-14(11-13)23-12-18-19-20-23/h4-6,11-12H,7-10H2,1-3H3. The van der Waals surface area contributed by atoms with Crippen LogP contribution in [0.15, 0.2) is 30.6 Å². The van der Waals surface area contributed by atoms with E-state index in [0.717, 1.165) is 5.69 Å². The van der Waals surface area contributed by atoms with Gasteiger partial charge in [0.25, 0.3) is 5.91 Å². The zero-order valence-electron chi connectivity index (χ0n) is 14.7. The Morgan fingerprint density at radius 1 is 1.04 bits per heavy atom. The normalized spacial score (nSPS) is 15.3. The second kappa shape index (κ2) is 6.62. The van der Waals surface area contributed by atoms with Crippen LogP contribution in [0.4, 0.5) is 0 Å². The fourth-order valence-electron chi connectivity index (χ4n) is 2.83. The molecular weight excluding hydrogens is 320 g/mol. The molecule has 0 aliphatic carbocycles. The molecule has 132 valence electrons. The summed E-state index contributed by atoms with van der Waals surface area (Å²) >= 11 is 0. The Morgan fingerprint density at radius 2 is 1.72 bits per heavy atom. The van der Waals surface area contributed by atoms with Gasteiger partial charge in [0.05, 0.1) is 5.69 Å². The average Bonchev–Trinajstić information content (AvgIpc) is 3.15. The van der Waals surface area contributed by atoms with Gasteiger partial charge >= 0.3 is 0 Å². The molecule has 25 heavy (non-hydrogen) atoms. The van der Waals surface area contributed by atoms with Gasteiger partial charge in [-0.2, -0.15) is 0 Å². The lowest BCUT2D eigenvalue weighted by molar-refractivity contribution is -0.140. The van der Waals surface area contributed by atoms with E-state index in [4.69, 9.17) is 0 Å². The number of benzene rings is 1. The molecule has 2 aromatic rings. The molecular formula is C17H22N6O2. The topological polar surface area (TPSA) is 84.2 Å². The number of carbonyl (C=O) groups is 2. The molecule has 0 saturated carbocycles. The Hall–Kier alpha value is -2.77. The maximum absolute atomic E-state index is 12.8. The molecule has 2 amide bonds. The molecule has 0 bridgehead atoms. The van der Waals surface area contributed by atoms with Crippen LogP contribution in [0.3, 0.4) is 0 Å². The zero-order chi connectivity index (χ0) is 18.0. The molecule has 1 aliphatic rings. The third-order valence-corrected chi connectivity index (χ3v) is 4.20. The molecule has 0 N–H and O–H groups in total. The molecule has 1 aromatic carbocycles. The van der Waals surface area contributed by atoms with Crippen LogP contribution >= 0.6 is 0 Å². The van der Waals surface area contributed by atoms with Crippen molar-refractivity contribution in [1.29, 1.82) is 0 Å². The summed E-state index contributed by atoms with van der Waals surface area (Å²) < 4.78 is 1.51. The van der Waals surface area contributed by atoms with E-state index in [0.29, 0.717) is 31.7 Å². The van der Waals surface area contributed by atoms with E-state index in [1.807, 2.05) is 37.8 Å². The Balaban J connectivity index is 1.67. The minimum Gasteiger partial charge on any atom is -0.339 e. The van der Waals surface area contributed by atoms with Crippen molar-refractivity contribution in [1.82, 2.24) is 30.0 Å². The van der Waals surface area contributed by atoms with Crippen LogP contribution in [0.1, 0.15) is 31.1 Å². The van der Waals surface area contributed by atoms with E-state index in [1.165, 1.54) is 11.0 Å². The molecule has 1 saturated heterocycles. The second-order valence-corrected chi connectivity index (χ2v) is 7.14. The van der Waals surface area contributed by atoms with Gasteiger partial charge in [-0.05, 0) is 28.6 Å². The van der Waals surface area contributed by atoms with Gasteiger partial charge in [-0.25, -0.2) is 4.68 Å². The first kappa shape index (κ1) is 17.1. The third kappa shape index (κ3) is 3.67. The Labute approximate surface area is 146 Å². The van der Waals surface area contributed by atoms with Gasteiger partial charge in [0.2, 0.25) is 5.91 Å². The number of hydrogen-bond donors (Lipinski definition) is 0. The lowest BCUT2D eigenvalue weighted by Crippen LogP contribution is -2.53. The first-order chi connectivity index (χ1) is 11.9. The molecule has 8 nitrogen and oxygen atoms in total. The molecule has 0 unspecified atom stereocenters. The van der Waals surface area contributed by atoms with Crippen LogP contribution in [0.2, 0.25) is 0 Å². The summed E-state index contributed by atoms with van der Waals surface area (Å²) in [6.07, 6.45) is 1.49. The maximum Gasteiger partial charge on any atom is 0.254 e. The van der Waals surface area contributed by atoms with E-state index < -0.39 is 5.41 Å². The molecule has 1 fully saturated rings. The Morgan fingerprint density at radius 3 is 2.32 bits per heavy atom. The highest BCUT2D eigenvalue weighted by Crippen LogP contribution is 2.19. The van der Waals surface area contributed by atoms with Gasteiger partial charge in [-0.15, -0.1) is 5.10 Å². The number of carbonyl (C=O) groups excluding carboxylic acids is 2. The zero-order valence-corrected chi connectivity index (χ0v) is 14.7. The van der Waals surface area contributed by atoms with E-state index in [2.05, 4.69) is 15.5 Å². The van der Waals surface area contributed by atoms with Crippen LogP contribution < -0.4 is 0 Å². The van der Waals surface area contributed by atoms with Crippen LogP contribution in [-0.4, -0.2) is 68.0 Å². The van der Waals surface area contributed by atoms with Gasteiger partial charge in [-0.3, -0.25) is 9.59 Å². The van der Waals surface area contributed by atoms with E-state index >= 15 is 0 Å². The van der Waals surface area contributed by atoms with Crippen molar-refractivity contribution in [3.63, 3.8) is 0 Å². The number of rotatable bonds is 2. The van der Waals surface area contributed by atoms with Crippen molar-refractivity contribution in [2.45, 2.75) is 20.8 Å². The summed E-state index contributed by atoms with van der Waals surface area (Å²) in [5.74, 6) is 0.0815. The van der Waals surface area contributed by atoms with E-state index in [-0.39, 0.29) is 11.8 Å². The number of tetrazole rings is 1. The highest BCUT2D eigenvalue weighted by atomic mass is 16.2. The molecule has 8 heteroatoms. The van der Waals surface area contributed by atoms with E-state index in [9.17, 15) is 9.59 Å². The summed E-state index contributed by atoms with van der Waals surface area (Å²) in [5, 5.41) is 11.1. The van der Waals surface area contributed by atoms with Gasteiger partial charge < -0.3 is 9.80 Å². The highest BCUT2D eigenvalue weighted by molar-refractivity contribution is 5.95. The molecule has 1 aliphatic heterocycles. The molecule has 2 heterocycles. The number of nitrogens with zero attached hydrogens (tertiary/aromatic N) is 6. The molecule has 0 radical (unpaired) electrons. The molecule has 1 aromatic heterocycles. The maximum atomic E-state index is 12.8. The first-order valence-electron chi connectivity index (χ1n) is 8.28. The Kier molecular flexibility index (Phi) is 4.52. The predicted molar refractivity (Wildman–Crippen MR) is 91.1 cm³/mol. The Bertz CT molecular complexity index is 758. The van der Waals surface area contributed by atoms with Gasteiger partial charge in [0.1, 0.15) is 6.33 Å². The predicted octanol–water partition coefficient (Wildman–Crippen LogP) is 0.993. The van der Waals surface area contributed by atoms with Gasteiger partial charge in [0, 0.05) is 37.2 Å². The monoisotopic (exact) mass is 342 g/mol. The minimum atomic E-state index is -0.396. The van der Waals surface area contributed by atoms with Gasteiger partial charge in [-0.1, -0.05) is 26.8 Å². The number of aromatic nitrogens is 4. The minimum absolute atomic E-state index is 0.0437. The first-order valence-corrected chi connectivity index (χ1v) is 8.28. The van der Waals surface area contributed by atoms with E-state index in [1.54, 1.807) is 17.0 Å². The largest absolute Gasteiger partial charge is 0.339 e. The summed E-state index contributed by atoms with van der Waals surface area (Å²) in [4.78, 5) is 28.7. The number of amides is 2. The smallest absolute Gasteiger partial charge is 0.254 e. The molecule has 0 spiro atoms. The quantitative estimate of drug-likeness (QED) is 0.813. The van der Waals surface area contributed by atoms with Crippen LogP contribution in [0, 0.1) is 5.41 Å². The average molecular weight is 342 g/mol. The molecule has 0 atom stereocenters. The van der Waals surface area contributed by atoms with Crippen molar-refractivity contribution in [3.8, 4) is 5.69 Å². The van der Waals surface area contributed by atoms with Crippen molar-refractivity contribution < 1.29 is 9.59 Å².